The zero-order valence-corrected chi connectivity index (χ0v) is 19.8. The first-order valence-corrected chi connectivity index (χ1v) is 11.8. The number of sulfonamides is 1. The molecule has 0 radical (unpaired) electrons. The number of carbonyl (C=O) groups is 1. The minimum absolute atomic E-state index is 0.180. The molecule has 170 valence electrons. The smallest absolute Gasteiger partial charge is 0.271 e. The Bertz CT molecular complexity index is 1300. The predicted molar refractivity (Wildman–Crippen MR) is 129 cm³/mol. The van der Waals surface area contributed by atoms with Crippen LogP contribution in [-0.4, -0.2) is 31.5 Å². The van der Waals surface area contributed by atoms with E-state index < -0.39 is 38.0 Å². The molecule has 0 saturated heterocycles. The highest BCUT2D eigenvalue weighted by Crippen LogP contribution is 2.29. The van der Waals surface area contributed by atoms with Gasteiger partial charge in [-0.2, -0.15) is 5.10 Å². The Balaban J connectivity index is 1.91. The maximum Gasteiger partial charge on any atom is 0.289 e. The lowest BCUT2D eigenvalue weighted by atomic mass is 10.1. The summed E-state index contributed by atoms with van der Waals surface area (Å²) in [6, 6.07) is 20.1. The summed E-state index contributed by atoms with van der Waals surface area (Å²) >= 11 is 3.34. The van der Waals surface area contributed by atoms with E-state index in [1.54, 1.807) is 25.1 Å². The summed E-state index contributed by atoms with van der Waals surface area (Å²) < 4.78 is 28.5. The van der Waals surface area contributed by atoms with Crippen molar-refractivity contribution in [2.45, 2.75) is 11.8 Å². The molecule has 0 spiro atoms. The Hall–Kier alpha value is -3.57. The fourth-order valence-corrected chi connectivity index (χ4v) is 4.77. The molecule has 0 unspecified atom stereocenters. The van der Waals surface area contributed by atoms with Crippen molar-refractivity contribution in [3.63, 3.8) is 0 Å². The van der Waals surface area contributed by atoms with Gasteiger partial charge < -0.3 is 0 Å². The van der Waals surface area contributed by atoms with Crippen LogP contribution in [0.1, 0.15) is 12.5 Å². The van der Waals surface area contributed by atoms with Gasteiger partial charge in [-0.25, -0.2) is 13.8 Å². The number of halogens is 1. The highest BCUT2D eigenvalue weighted by molar-refractivity contribution is 9.10. The molecule has 3 aromatic rings. The topological polar surface area (TPSA) is 122 Å². The Morgan fingerprint density at radius 3 is 2.27 bits per heavy atom. The lowest BCUT2D eigenvalue weighted by Crippen LogP contribution is -2.40. The lowest BCUT2D eigenvalue weighted by Gasteiger charge is -2.23. The molecule has 1 amide bonds. The maximum atomic E-state index is 13.4. The average molecular weight is 531 g/mol. The van der Waals surface area contributed by atoms with Crippen molar-refractivity contribution in [3.05, 3.63) is 99.0 Å². The number of para-hydroxylation sites is 2. The van der Waals surface area contributed by atoms with Gasteiger partial charge in [-0.15, -0.1) is 0 Å². The van der Waals surface area contributed by atoms with Crippen molar-refractivity contribution >= 4 is 48.9 Å². The highest BCUT2D eigenvalue weighted by atomic mass is 79.9. The molecular formula is C22H19BrN4O5S. The van der Waals surface area contributed by atoms with Crippen LogP contribution in [0.2, 0.25) is 0 Å². The molecule has 1 N–H and O–H groups in total. The van der Waals surface area contributed by atoms with E-state index in [-0.39, 0.29) is 5.69 Å². The van der Waals surface area contributed by atoms with Crippen LogP contribution >= 0.6 is 15.9 Å². The number of nitro benzene ring substituents is 1. The number of nitrogens with one attached hydrogen (secondary N) is 1. The third kappa shape index (κ3) is 5.82. The van der Waals surface area contributed by atoms with Crippen molar-refractivity contribution in [2.24, 2.45) is 5.10 Å². The molecule has 3 rings (SSSR count). The molecule has 0 heterocycles. The number of hydrogen-bond acceptors (Lipinski definition) is 6. The van der Waals surface area contributed by atoms with E-state index in [2.05, 4.69) is 26.5 Å². The second kappa shape index (κ2) is 10.4. The number of hydrazone groups is 1. The number of nitro groups is 1. The fraction of sp³-hybridized carbons (Fsp3) is 0.0909. The summed E-state index contributed by atoms with van der Waals surface area (Å²) in [6.07, 6.45) is 0. The molecule has 0 aromatic heterocycles. The van der Waals surface area contributed by atoms with Gasteiger partial charge in [0.2, 0.25) is 0 Å². The molecule has 0 bridgehead atoms. The largest absolute Gasteiger partial charge is 0.289 e. The molecule has 9 nitrogen and oxygen atoms in total. The minimum Gasteiger partial charge on any atom is -0.271 e. The van der Waals surface area contributed by atoms with E-state index >= 15 is 0 Å². The summed E-state index contributed by atoms with van der Waals surface area (Å²) in [5.41, 5.74) is 3.24. The minimum atomic E-state index is -4.44. The molecule has 33 heavy (non-hydrogen) atoms. The van der Waals surface area contributed by atoms with Crippen LogP contribution in [-0.2, 0) is 14.8 Å². The van der Waals surface area contributed by atoms with E-state index in [0.29, 0.717) is 5.71 Å². The van der Waals surface area contributed by atoms with Gasteiger partial charge in [-0.05, 0) is 42.8 Å². The number of carbonyl (C=O) groups excluding carboxylic acids is 1. The monoisotopic (exact) mass is 530 g/mol. The molecule has 0 aliphatic carbocycles. The standard InChI is InChI=1S/C22H19BrN4O5S/c1-16(17-11-13-18(23)14-12-17)24-25-22(28)15-26(19-7-3-2-4-8-19)33(31,32)21-10-6-5-9-20(21)27(29)30/h2-14H,15H2,1H3,(H,25,28)/b24-16-. The molecule has 0 atom stereocenters. The first-order valence-electron chi connectivity index (χ1n) is 9.60. The van der Waals surface area contributed by atoms with E-state index in [9.17, 15) is 23.3 Å². The zero-order chi connectivity index (χ0) is 24.0. The fourth-order valence-electron chi connectivity index (χ4n) is 2.92. The van der Waals surface area contributed by atoms with Crippen LogP contribution in [0.3, 0.4) is 0 Å². The zero-order valence-electron chi connectivity index (χ0n) is 17.4. The summed E-state index contributed by atoms with van der Waals surface area (Å²) in [6.45, 7) is 1.07. The van der Waals surface area contributed by atoms with Crippen LogP contribution in [0.15, 0.2) is 93.3 Å². The van der Waals surface area contributed by atoms with Crippen molar-refractivity contribution in [2.75, 3.05) is 10.8 Å². The SMILES string of the molecule is C/C(=N/NC(=O)CN(c1ccccc1)S(=O)(=O)c1ccccc1[N+](=O)[O-])c1ccc(Br)cc1. The number of benzene rings is 3. The quantitative estimate of drug-likeness (QED) is 0.267. The van der Waals surface area contributed by atoms with E-state index in [0.717, 1.165) is 26.5 Å². The number of rotatable bonds is 8. The Morgan fingerprint density at radius 2 is 1.64 bits per heavy atom. The highest BCUT2D eigenvalue weighted by Gasteiger charge is 2.33. The number of hydrogen-bond donors (Lipinski definition) is 1. The number of nitrogens with zero attached hydrogens (tertiary/aromatic N) is 3. The Morgan fingerprint density at radius 1 is 1.03 bits per heavy atom. The maximum absolute atomic E-state index is 13.4. The third-order valence-electron chi connectivity index (χ3n) is 4.57. The Kier molecular flexibility index (Phi) is 7.56. The van der Waals surface area contributed by atoms with Crippen LogP contribution in [0.25, 0.3) is 0 Å². The third-order valence-corrected chi connectivity index (χ3v) is 6.92. The van der Waals surface area contributed by atoms with Crippen LogP contribution in [0, 0.1) is 10.1 Å². The van der Waals surface area contributed by atoms with Crippen molar-refractivity contribution < 1.29 is 18.1 Å². The summed E-state index contributed by atoms with van der Waals surface area (Å²) in [5.74, 6) is -0.711. The van der Waals surface area contributed by atoms with Gasteiger partial charge >= 0.3 is 0 Å². The lowest BCUT2D eigenvalue weighted by molar-refractivity contribution is -0.387. The Labute approximate surface area is 199 Å². The van der Waals surface area contributed by atoms with Crippen molar-refractivity contribution in [1.82, 2.24) is 5.43 Å². The van der Waals surface area contributed by atoms with E-state index in [1.807, 2.05) is 24.3 Å². The molecule has 3 aromatic carbocycles. The average Bonchev–Trinajstić information content (AvgIpc) is 2.81. The van der Waals surface area contributed by atoms with Gasteiger partial charge in [0.25, 0.3) is 21.6 Å². The van der Waals surface area contributed by atoms with Crippen LogP contribution in [0.5, 0.6) is 0 Å². The van der Waals surface area contributed by atoms with Crippen LogP contribution < -0.4 is 9.73 Å². The molecule has 11 heteroatoms. The molecule has 0 fully saturated rings. The summed E-state index contributed by atoms with van der Waals surface area (Å²) in [4.78, 5) is 22.8. The van der Waals surface area contributed by atoms with Gasteiger partial charge in [0, 0.05) is 10.5 Å². The van der Waals surface area contributed by atoms with Crippen molar-refractivity contribution in [3.8, 4) is 0 Å². The number of anilines is 1. The molecule has 0 aliphatic heterocycles. The summed E-state index contributed by atoms with van der Waals surface area (Å²) in [5, 5.41) is 15.4. The predicted octanol–water partition coefficient (Wildman–Crippen LogP) is 4.09. The second-order valence-corrected chi connectivity index (χ2v) is 9.56. The van der Waals surface area contributed by atoms with Gasteiger partial charge in [0.05, 0.1) is 16.3 Å². The molecule has 0 saturated carbocycles. The first kappa shape index (κ1) is 24.1. The number of amides is 1. The van der Waals surface area contributed by atoms with E-state index in [1.165, 1.54) is 24.3 Å². The first-order chi connectivity index (χ1) is 15.7. The second-order valence-electron chi connectivity index (χ2n) is 6.81. The normalized spacial score (nSPS) is 11.6. The van der Waals surface area contributed by atoms with Gasteiger partial charge in [-0.1, -0.05) is 58.4 Å². The molecular weight excluding hydrogens is 512 g/mol. The van der Waals surface area contributed by atoms with Gasteiger partial charge in [0.15, 0.2) is 4.90 Å². The van der Waals surface area contributed by atoms with Gasteiger partial charge in [-0.3, -0.25) is 19.2 Å². The summed E-state index contributed by atoms with van der Waals surface area (Å²) in [7, 11) is -4.44. The van der Waals surface area contributed by atoms with Crippen LogP contribution in [0.4, 0.5) is 11.4 Å². The van der Waals surface area contributed by atoms with E-state index in [4.69, 9.17) is 0 Å². The van der Waals surface area contributed by atoms with Gasteiger partial charge in [0.1, 0.15) is 6.54 Å². The molecule has 0 aliphatic rings. The van der Waals surface area contributed by atoms with Crippen molar-refractivity contribution in [1.29, 1.82) is 0 Å².